The van der Waals surface area contributed by atoms with Crippen molar-refractivity contribution < 1.29 is 28.6 Å². The van der Waals surface area contributed by atoms with E-state index in [1.54, 1.807) is 0 Å². The number of unbranched alkanes of at least 4 members (excludes halogenated alkanes) is 22. The molecule has 0 rings (SSSR count). The number of carbonyl (C=O) groups is 3. The number of esters is 3. The van der Waals surface area contributed by atoms with Gasteiger partial charge in [0.05, 0.1) is 0 Å². The van der Waals surface area contributed by atoms with Crippen LogP contribution in [0.25, 0.3) is 0 Å². The van der Waals surface area contributed by atoms with Crippen LogP contribution < -0.4 is 0 Å². The molecule has 0 saturated carbocycles. The van der Waals surface area contributed by atoms with Crippen molar-refractivity contribution in [1.82, 2.24) is 0 Å². The first-order valence-corrected chi connectivity index (χ1v) is 24.0. The molecular formula is C52H88O6. The van der Waals surface area contributed by atoms with E-state index in [1.807, 2.05) is 36.5 Å². The molecule has 0 aromatic heterocycles. The molecule has 0 fully saturated rings. The van der Waals surface area contributed by atoms with E-state index >= 15 is 0 Å². The van der Waals surface area contributed by atoms with Crippen LogP contribution in [0.2, 0.25) is 0 Å². The molecule has 6 nitrogen and oxygen atoms in total. The Morgan fingerprint density at radius 3 is 1.26 bits per heavy atom. The maximum absolute atomic E-state index is 12.7. The van der Waals surface area contributed by atoms with Crippen LogP contribution >= 0.6 is 0 Å². The van der Waals surface area contributed by atoms with E-state index in [4.69, 9.17) is 14.2 Å². The molecule has 0 saturated heterocycles. The fraction of sp³-hybridized carbons (Fsp3) is 0.712. The summed E-state index contributed by atoms with van der Waals surface area (Å²) in [5.41, 5.74) is 0. The van der Waals surface area contributed by atoms with Crippen LogP contribution in [0, 0.1) is 0 Å². The average molecular weight is 809 g/mol. The zero-order valence-electron chi connectivity index (χ0n) is 37.8. The molecule has 0 bridgehead atoms. The van der Waals surface area contributed by atoms with Gasteiger partial charge in [0.2, 0.25) is 0 Å². The summed E-state index contributed by atoms with van der Waals surface area (Å²) in [7, 11) is 0. The Morgan fingerprint density at radius 1 is 0.379 bits per heavy atom. The number of rotatable bonds is 42. The molecule has 0 amide bonds. The smallest absolute Gasteiger partial charge is 0.306 e. The Bertz CT molecular complexity index is 1110. The van der Waals surface area contributed by atoms with Crippen LogP contribution in [-0.2, 0) is 28.6 Å². The van der Waals surface area contributed by atoms with Gasteiger partial charge in [-0.1, -0.05) is 209 Å². The number of allylic oxidation sites excluding steroid dienone is 12. The Balaban J connectivity index is 4.45. The number of carbonyl (C=O) groups excluding carboxylic acids is 3. The van der Waals surface area contributed by atoms with E-state index in [0.29, 0.717) is 19.3 Å². The van der Waals surface area contributed by atoms with Crippen molar-refractivity contribution in [3.8, 4) is 0 Å². The molecule has 6 heteroatoms. The van der Waals surface area contributed by atoms with E-state index in [0.717, 1.165) is 83.5 Å². The maximum Gasteiger partial charge on any atom is 0.306 e. The lowest BCUT2D eigenvalue weighted by Gasteiger charge is -2.18. The summed E-state index contributed by atoms with van der Waals surface area (Å²) in [6.07, 6.45) is 57.4. The van der Waals surface area contributed by atoms with Crippen molar-refractivity contribution in [3.63, 3.8) is 0 Å². The van der Waals surface area contributed by atoms with Crippen LogP contribution in [0.15, 0.2) is 72.9 Å². The largest absolute Gasteiger partial charge is 0.462 e. The Hall–Kier alpha value is -3.15. The van der Waals surface area contributed by atoms with Gasteiger partial charge in [0.1, 0.15) is 13.2 Å². The first-order chi connectivity index (χ1) is 28.5. The van der Waals surface area contributed by atoms with Gasteiger partial charge in [0, 0.05) is 19.3 Å². The van der Waals surface area contributed by atoms with Gasteiger partial charge in [-0.25, -0.2) is 0 Å². The van der Waals surface area contributed by atoms with Crippen LogP contribution in [0.4, 0.5) is 0 Å². The standard InChI is InChI=1S/C52H88O6/c1-4-7-10-13-16-19-22-25-28-30-33-36-39-42-45-51(54)57-48-49(58-52(55)46-43-40-37-34-31-27-24-21-18-15-12-9-6-3)47-56-50(53)44-41-38-35-32-29-26-23-20-17-14-11-8-5-2/h7,9-10,12,15-16,18-19,21,24,27,31,49H,4-6,8,11,13-14,17,20,22-23,25-26,28-30,32-48H2,1-3H3/b10-7+,12-9+,18-15+,19-16+,24-21+,31-27+. The van der Waals surface area contributed by atoms with Crippen LogP contribution in [0.3, 0.4) is 0 Å². The molecule has 0 radical (unpaired) electrons. The Labute approximate surface area is 357 Å². The van der Waals surface area contributed by atoms with Crippen molar-refractivity contribution in [3.05, 3.63) is 72.9 Å². The van der Waals surface area contributed by atoms with Gasteiger partial charge in [0.15, 0.2) is 6.10 Å². The number of ether oxygens (including phenoxy) is 3. The topological polar surface area (TPSA) is 78.9 Å². The molecule has 0 aliphatic carbocycles. The minimum atomic E-state index is -0.795. The first kappa shape index (κ1) is 54.9. The zero-order chi connectivity index (χ0) is 42.3. The summed E-state index contributed by atoms with van der Waals surface area (Å²) in [6.45, 7) is 6.34. The van der Waals surface area contributed by atoms with Gasteiger partial charge in [0.25, 0.3) is 0 Å². The van der Waals surface area contributed by atoms with Crippen molar-refractivity contribution in [1.29, 1.82) is 0 Å². The lowest BCUT2D eigenvalue weighted by molar-refractivity contribution is -0.167. The molecule has 1 atom stereocenters. The van der Waals surface area contributed by atoms with Gasteiger partial charge >= 0.3 is 17.9 Å². The summed E-state index contributed by atoms with van der Waals surface area (Å²) in [5, 5.41) is 0. The quantitative estimate of drug-likeness (QED) is 0.0201. The highest BCUT2D eigenvalue weighted by Gasteiger charge is 2.19. The first-order valence-electron chi connectivity index (χ1n) is 24.0. The van der Waals surface area contributed by atoms with E-state index < -0.39 is 6.10 Å². The fourth-order valence-corrected chi connectivity index (χ4v) is 6.49. The van der Waals surface area contributed by atoms with Crippen molar-refractivity contribution in [2.75, 3.05) is 13.2 Å². The molecule has 332 valence electrons. The minimum Gasteiger partial charge on any atom is -0.462 e. The average Bonchev–Trinajstić information content (AvgIpc) is 3.22. The molecule has 0 N–H and O–H groups in total. The molecule has 0 aromatic rings. The van der Waals surface area contributed by atoms with Gasteiger partial charge in [-0.05, 0) is 64.2 Å². The van der Waals surface area contributed by atoms with Gasteiger partial charge in [-0.3, -0.25) is 14.4 Å². The molecule has 0 spiro atoms. The number of hydrogen-bond acceptors (Lipinski definition) is 6. The predicted octanol–water partition coefficient (Wildman–Crippen LogP) is 15.5. The van der Waals surface area contributed by atoms with Gasteiger partial charge < -0.3 is 14.2 Å². The third-order valence-corrected chi connectivity index (χ3v) is 10.1. The summed E-state index contributed by atoms with van der Waals surface area (Å²) < 4.78 is 16.7. The normalized spacial score (nSPS) is 12.7. The summed E-state index contributed by atoms with van der Waals surface area (Å²) >= 11 is 0. The predicted molar refractivity (Wildman–Crippen MR) is 247 cm³/mol. The number of hydrogen-bond donors (Lipinski definition) is 0. The maximum atomic E-state index is 12.7. The SMILES string of the molecule is CC/C=C/C=C/C=C/C=C/CCCCCC(=O)OC(COC(=O)CCCCCCCCC/C=C/C/C=C/CC)COC(=O)CCCCCCCCCCCCCCC. The van der Waals surface area contributed by atoms with E-state index in [2.05, 4.69) is 57.2 Å². The van der Waals surface area contributed by atoms with Crippen LogP contribution in [0.1, 0.15) is 220 Å². The fourth-order valence-electron chi connectivity index (χ4n) is 6.49. The Morgan fingerprint density at radius 2 is 0.759 bits per heavy atom. The summed E-state index contributed by atoms with van der Waals surface area (Å²) in [6, 6.07) is 0. The lowest BCUT2D eigenvalue weighted by Crippen LogP contribution is -2.30. The highest BCUT2D eigenvalue weighted by atomic mass is 16.6. The molecular weight excluding hydrogens is 721 g/mol. The van der Waals surface area contributed by atoms with Crippen LogP contribution in [0.5, 0.6) is 0 Å². The van der Waals surface area contributed by atoms with Crippen molar-refractivity contribution in [2.45, 2.75) is 226 Å². The Kier molecular flexibility index (Phi) is 44.0. The second-order valence-electron chi connectivity index (χ2n) is 15.7. The van der Waals surface area contributed by atoms with Gasteiger partial charge in [-0.15, -0.1) is 0 Å². The van der Waals surface area contributed by atoms with E-state index in [1.165, 1.54) is 89.9 Å². The highest BCUT2D eigenvalue weighted by molar-refractivity contribution is 5.71. The van der Waals surface area contributed by atoms with Crippen molar-refractivity contribution in [2.24, 2.45) is 0 Å². The third kappa shape index (κ3) is 44.0. The lowest BCUT2D eigenvalue weighted by atomic mass is 10.0. The van der Waals surface area contributed by atoms with E-state index in [-0.39, 0.29) is 37.5 Å². The molecule has 58 heavy (non-hydrogen) atoms. The molecule has 0 heterocycles. The highest BCUT2D eigenvalue weighted by Crippen LogP contribution is 2.15. The second kappa shape index (κ2) is 46.5. The third-order valence-electron chi connectivity index (χ3n) is 10.1. The molecule has 0 aliphatic rings. The molecule has 0 aromatic carbocycles. The second-order valence-corrected chi connectivity index (χ2v) is 15.7. The summed E-state index contributed by atoms with van der Waals surface area (Å²) in [5.74, 6) is -0.942. The molecule has 1 unspecified atom stereocenters. The van der Waals surface area contributed by atoms with E-state index in [9.17, 15) is 14.4 Å². The molecule has 0 aliphatic heterocycles. The van der Waals surface area contributed by atoms with Crippen molar-refractivity contribution >= 4 is 17.9 Å². The minimum absolute atomic E-state index is 0.0929. The monoisotopic (exact) mass is 809 g/mol. The van der Waals surface area contributed by atoms with Crippen LogP contribution in [-0.4, -0.2) is 37.2 Å². The zero-order valence-corrected chi connectivity index (χ0v) is 37.8. The summed E-state index contributed by atoms with van der Waals surface area (Å²) in [4.78, 5) is 37.8. The van der Waals surface area contributed by atoms with Gasteiger partial charge in [-0.2, -0.15) is 0 Å².